The minimum atomic E-state index is -0.967. The number of benzene rings is 1. The highest BCUT2D eigenvalue weighted by atomic mass is 16.4. The second-order valence-corrected chi connectivity index (χ2v) is 3.62. The number of carboxylic acids is 1. The van der Waals surface area contributed by atoms with Gasteiger partial charge in [0, 0.05) is 11.9 Å². The third-order valence-corrected chi connectivity index (χ3v) is 2.46. The molecule has 88 valence electrons. The molecule has 4 heteroatoms. The lowest BCUT2D eigenvalue weighted by atomic mass is 10.1. The van der Waals surface area contributed by atoms with Gasteiger partial charge in [0.05, 0.1) is 6.54 Å². The summed E-state index contributed by atoms with van der Waals surface area (Å²) in [5.41, 5.74) is 0.831. The molecule has 2 N–H and O–H groups in total. The second-order valence-electron chi connectivity index (χ2n) is 3.62. The van der Waals surface area contributed by atoms with Gasteiger partial charge in [0.2, 0.25) is 0 Å². The second kappa shape index (κ2) is 4.84. The summed E-state index contributed by atoms with van der Waals surface area (Å²) in [6.07, 6.45) is 1.71. The molecule has 1 aromatic heterocycles. The van der Waals surface area contributed by atoms with E-state index >= 15 is 0 Å². The van der Waals surface area contributed by atoms with E-state index in [0.29, 0.717) is 29.8 Å². The summed E-state index contributed by atoms with van der Waals surface area (Å²) in [6.45, 7) is 4.57. The molecule has 17 heavy (non-hydrogen) atoms. The Kier molecular flexibility index (Phi) is 3.25. The summed E-state index contributed by atoms with van der Waals surface area (Å²) in [5, 5.41) is 12.9. The van der Waals surface area contributed by atoms with Crippen molar-refractivity contribution in [3.05, 3.63) is 48.2 Å². The third kappa shape index (κ3) is 2.21. The maximum atomic E-state index is 11.2. The Hall–Kier alpha value is -2.07. The van der Waals surface area contributed by atoms with Crippen molar-refractivity contribution in [1.29, 1.82) is 0 Å². The average molecular weight is 231 g/mol. The molecule has 0 aliphatic rings. The molecule has 1 heterocycles. The SMILES string of the molecule is C=CCNCc1oc2ccccc2c1C(=O)O. The van der Waals surface area contributed by atoms with Gasteiger partial charge in [-0.05, 0) is 6.07 Å². The summed E-state index contributed by atoms with van der Waals surface area (Å²) < 4.78 is 5.53. The summed E-state index contributed by atoms with van der Waals surface area (Å²) in [4.78, 5) is 11.2. The minimum Gasteiger partial charge on any atom is -0.478 e. The maximum absolute atomic E-state index is 11.2. The first-order valence-corrected chi connectivity index (χ1v) is 5.29. The first-order valence-electron chi connectivity index (χ1n) is 5.29. The van der Waals surface area contributed by atoms with E-state index in [4.69, 9.17) is 4.42 Å². The maximum Gasteiger partial charge on any atom is 0.339 e. The van der Waals surface area contributed by atoms with Gasteiger partial charge >= 0.3 is 5.97 Å². The fourth-order valence-corrected chi connectivity index (χ4v) is 1.74. The van der Waals surface area contributed by atoms with Gasteiger partial charge in [-0.25, -0.2) is 4.79 Å². The molecule has 0 radical (unpaired) electrons. The molecule has 4 nitrogen and oxygen atoms in total. The summed E-state index contributed by atoms with van der Waals surface area (Å²) >= 11 is 0. The molecular formula is C13H13NO3. The third-order valence-electron chi connectivity index (χ3n) is 2.46. The molecule has 0 bridgehead atoms. The van der Waals surface area contributed by atoms with E-state index < -0.39 is 5.97 Å². The smallest absolute Gasteiger partial charge is 0.339 e. The van der Waals surface area contributed by atoms with Crippen molar-refractivity contribution in [3.8, 4) is 0 Å². The molecule has 0 saturated carbocycles. The first-order chi connectivity index (χ1) is 8.24. The summed E-state index contributed by atoms with van der Waals surface area (Å²) in [6, 6.07) is 7.13. The molecule has 0 spiro atoms. The molecule has 2 rings (SSSR count). The van der Waals surface area contributed by atoms with E-state index in [9.17, 15) is 9.90 Å². The number of hydrogen-bond donors (Lipinski definition) is 2. The van der Waals surface area contributed by atoms with Crippen LogP contribution >= 0.6 is 0 Å². The fourth-order valence-electron chi connectivity index (χ4n) is 1.74. The van der Waals surface area contributed by atoms with E-state index in [1.165, 1.54) is 0 Å². The van der Waals surface area contributed by atoms with E-state index in [-0.39, 0.29) is 5.56 Å². The minimum absolute atomic E-state index is 0.233. The van der Waals surface area contributed by atoms with Crippen LogP contribution in [0.3, 0.4) is 0 Å². The molecule has 2 aromatic rings. The van der Waals surface area contributed by atoms with Gasteiger partial charge in [-0.2, -0.15) is 0 Å². The Morgan fingerprint density at radius 2 is 2.24 bits per heavy atom. The summed E-state index contributed by atoms with van der Waals surface area (Å²) in [7, 11) is 0. The molecule has 0 saturated heterocycles. The molecule has 0 atom stereocenters. The van der Waals surface area contributed by atoms with E-state index in [1.54, 1.807) is 24.3 Å². The number of carboxylic acid groups (broad SMARTS) is 1. The van der Waals surface area contributed by atoms with Gasteiger partial charge in [-0.1, -0.05) is 24.3 Å². The Morgan fingerprint density at radius 3 is 2.94 bits per heavy atom. The Labute approximate surface area is 98.5 Å². The number of aromatic carboxylic acids is 1. The molecule has 0 amide bonds. The Morgan fingerprint density at radius 1 is 1.47 bits per heavy atom. The van der Waals surface area contributed by atoms with Crippen LogP contribution in [0, 0.1) is 0 Å². The van der Waals surface area contributed by atoms with E-state index in [1.807, 2.05) is 6.07 Å². The standard InChI is InChI=1S/C13H13NO3/c1-2-7-14-8-11-12(13(15)16)9-5-3-4-6-10(9)17-11/h2-6,14H,1,7-8H2,(H,15,16). The van der Waals surface area contributed by atoms with Gasteiger partial charge in [-0.3, -0.25) is 0 Å². The predicted octanol–water partition coefficient (Wildman–Crippen LogP) is 2.41. The fraction of sp³-hybridized carbons (Fsp3) is 0.154. The van der Waals surface area contributed by atoms with Gasteiger partial charge in [0.1, 0.15) is 16.9 Å². The van der Waals surface area contributed by atoms with Crippen LogP contribution in [0.15, 0.2) is 41.3 Å². The lowest BCUT2D eigenvalue weighted by Gasteiger charge is -1.99. The van der Waals surface area contributed by atoms with Crippen LogP contribution in [-0.4, -0.2) is 17.6 Å². The van der Waals surface area contributed by atoms with Crippen LogP contribution in [0.5, 0.6) is 0 Å². The number of furan rings is 1. The van der Waals surface area contributed by atoms with Crippen molar-refractivity contribution in [2.75, 3.05) is 6.54 Å². The zero-order valence-electron chi connectivity index (χ0n) is 9.27. The van der Waals surface area contributed by atoms with E-state index in [0.717, 1.165) is 0 Å². The van der Waals surface area contributed by atoms with Gasteiger partial charge < -0.3 is 14.8 Å². The average Bonchev–Trinajstić information content (AvgIpc) is 2.67. The number of para-hydroxylation sites is 1. The highest BCUT2D eigenvalue weighted by Crippen LogP contribution is 2.25. The molecule has 0 fully saturated rings. The lowest BCUT2D eigenvalue weighted by Crippen LogP contribution is -2.14. The van der Waals surface area contributed by atoms with Crippen LogP contribution in [-0.2, 0) is 6.54 Å². The van der Waals surface area contributed by atoms with Crippen molar-refractivity contribution in [2.24, 2.45) is 0 Å². The largest absolute Gasteiger partial charge is 0.478 e. The number of hydrogen-bond acceptors (Lipinski definition) is 3. The highest BCUT2D eigenvalue weighted by molar-refractivity contribution is 6.03. The predicted molar refractivity (Wildman–Crippen MR) is 65.1 cm³/mol. The topological polar surface area (TPSA) is 62.5 Å². The Balaban J connectivity index is 2.42. The first kappa shape index (κ1) is 11.4. The highest BCUT2D eigenvalue weighted by Gasteiger charge is 2.19. The van der Waals surface area contributed by atoms with Gasteiger partial charge in [-0.15, -0.1) is 6.58 Å². The van der Waals surface area contributed by atoms with E-state index in [2.05, 4.69) is 11.9 Å². The summed E-state index contributed by atoms with van der Waals surface area (Å²) in [5.74, 6) is -0.522. The quantitative estimate of drug-likeness (QED) is 0.612. The van der Waals surface area contributed by atoms with Crippen molar-refractivity contribution < 1.29 is 14.3 Å². The van der Waals surface area contributed by atoms with Crippen LogP contribution in [0.1, 0.15) is 16.1 Å². The van der Waals surface area contributed by atoms with Crippen molar-refractivity contribution >= 4 is 16.9 Å². The molecule has 0 aliphatic carbocycles. The lowest BCUT2D eigenvalue weighted by molar-refractivity contribution is 0.0696. The van der Waals surface area contributed by atoms with Crippen molar-refractivity contribution in [2.45, 2.75) is 6.54 Å². The normalized spacial score (nSPS) is 10.6. The number of rotatable bonds is 5. The van der Waals surface area contributed by atoms with Crippen LogP contribution in [0.25, 0.3) is 11.0 Å². The van der Waals surface area contributed by atoms with Crippen molar-refractivity contribution in [1.82, 2.24) is 5.32 Å². The molecule has 1 aromatic carbocycles. The zero-order valence-corrected chi connectivity index (χ0v) is 9.27. The number of carbonyl (C=O) groups is 1. The van der Waals surface area contributed by atoms with Crippen LogP contribution in [0.2, 0.25) is 0 Å². The molecule has 0 unspecified atom stereocenters. The van der Waals surface area contributed by atoms with Gasteiger partial charge in [0.25, 0.3) is 0 Å². The van der Waals surface area contributed by atoms with Crippen LogP contribution in [0.4, 0.5) is 0 Å². The number of nitrogens with one attached hydrogen (secondary N) is 1. The Bertz CT molecular complexity index is 557. The molecule has 0 aliphatic heterocycles. The van der Waals surface area contributed by atoms with Crippen molar-refractivity contribution in [3.63, 3.8) is 0 Å². The zero-order chi connectivity index (χ0) is 12.3. The molecular weight excluding hydrogens is 218 g/mol. The van der Waals surface area contributed by atoms with Crippen LogP contribution < -0.4 is 5.32 Å². The monoisotopic (exact) mass is 231 g/mol. The number of fused-ring (bicyclic) bond motifs is 1. The van der Waals surface area contributed by atoms with Gasteiger partial charge in [0.15, 0.2) is 0 Å².